The van der Waals surface area contributed by atoms with E-state index in [9.17, 15) is 9.59 Å². The van der Waals surface area contributed by atoms with Crippen LogP contribution in [0.4, 0.5) is 0 Å². The number of nitrogens with zero attached hydrogens (tertiary/aromatic N) is 4. The highest BCUT2D eigenvalue weighted by atomic mass is 16.2. The van der Waals surface area contributed by atoms with Gasteiger partial charge in [-0.2, -0.15) is 0 Å². The average molecular weight is 393 g/mol. The van der Waals surface area contributed by atoms with Crippen molar-refractivity contribution < 1.29 is 9.59 Å². The Hall–Kier alpha value is -2.76. The second kappa shape index (κ2) is 8.72. The van der Waals surface area contributed by atoms with Gasteiger partial charge < -0.3 is 9.80 Å². The second-order valence-electron chi connectivity index (χ2n) is 8.06. The van der Waals surface area contributed by atoms with Gasteiger partial charge in [-0.05, 0) is 24.8 Å². The van der Waals surface area contributed by atoms with Crippen molar-refractivity contribution in [3.8, 4) is 0 Å². The van der Waals surface area contributed by atoms with Crippen LogP contribution in [0.3, 0.4) is 0 Å². The molecule has 1 aromatic heterocycles. The van der Waals surface area contributed by atoms with Crippen molar-refractivity contribution in [1.29, 1.82) is 0 Å². The lowest BCUT2D eigenvalue weighted by atomic mass is 9.96. The summed E-state index contributed by atoms with van der Waals surface area (Å²) in [4.78, 5) is 37.6. The summed E-state index contributed by atoms with van der Waals surface area (Å²) in [5, 5.41) is 0. The van der Waals surface area contributed by atoms with Gasteiger partial charge >= 0.3 is 0 Å². The standard InChI is InChI=1S/C23H28N4O2/c1-17(28)26-12-5-8-19(15-26)23-24-14-20-16-27(13-11-21(20)25-23)22(29)10-9-18-6-3-2-4-7-18/h2-4,6-7,14,19H,5,8-13,15-16H2,1H3. The largest absolute Gasteiger partial charge is 0.342 e. The first kappa shape index (κ1) is 19.6. The Bertz CT molecular complexity index is 884. The summed E-state index contributed by atoms with van der Waals surface area (Å²) in [6, 6.07) is 10.1. The Kier molecular flexibility index (Phi) is 5.88. The lowest BCUT2D eigenvalue weighted by Crippen LogP contribution is -2.39. The summed E-state index contributed by atoms with van der Waals surface area (Å²) >= 11 is 0. The number of aryl methyl sites for hydroxylation is 1. The smallest absolute Gasteiger partial charge is 0.223 e. The lowest BCUT2D eigenvalue weighted by molar-refractivity contribution is -0.132. The van der Waals surface area contributed by atoms with E-state index >= 15 is 0 Å². The molecule has 0 N–H and O–H groups in total. The molecule has 2 aliphatic heterocycles. The molecule has 4 rings (SSSR count). The zero-order valence-electron chi connectivity index (χ0n) is 17.0. The van der Waals surface area contributed by atoms with E-state index in [0.29, 0.717) is 26.1 Å². The molecular weight excluding hydrogens is 364 g/mol. The maximum absolute atomic E-state index is 12.6. The van der Waals surface area contributed by atoms with Crippen LogP contribution in [0.5, 0.6) is 0 Å². The minimum Gasteiger partial charge on any atom is -0.342 e. The molecule has 2 amide bonds. The van der Waals surface area contributed by atoms with Gasteiger partial charge in [-0.15, -0.1) is 0 Å². The molecule has 2 aliphatic rings. The van der Waals surface area contributed by atoms with Gasteiger partial charge in [0.1, 0.15) is 5.82 Å². The zero-order valence-corrected chi connectivity index (χ0v) is 17.0. The highest BCUT2D eigenvalue weighted by Crippen LogP contribution is 2.26. The van der Waals surface area contributed by atoms with Crippen molar-refractivity contribution in [2.45, 2.75) is 51.5 Å². The number of fused-ring (bicyclic) bond motifs is 1. The molecule has 1 saturated heterocycles. The quantitative estimate of drug-likeness (QED) is 0.802. The van der Waals surface area contributed by atoms with E-state index in [4.69, 9.17) is 4.98 Å². The van der Waals surface area contributed by atoms with Gasteiger partial charge in [-0.25, -0.2) is 9.97 Å². The van der Waals surface area contributed by atoms with Crippen molar-refractivity contribution >= 4 is 11.8 Å². The highest BCUT2D eigenvalue weighted by Gasteiger charge is 2.27. The van der Waals surface area contributed by atoms with E-state index in [1.54, 1.807) is 6.92 Å². The molecule has 152 valence electrons. The van der Waals surface area contributed by atoms with Crippen molar-refractivity contribution in [2.24, 2.45) is 0 Å². The number of carbonyl (C=O) groups excluding carboxylic acids is 2. The van der Waals surface area contributed by atoms with Crippen molar-refractivity contribution in [2.75, 3.05) is 19.6 Å². The van der Waals surface area contributed by atoms with Gasteiger partial charge in [0.15, 0.2) is 0 Å². The molecule has 0 saturated carbocycles. The number of carbonyl (C=O) groups is 2. The average Bonchev–Trinajstić information content (AvgIpc) is 2.77. The van der Waals surface area contributed by atoms with E-state index in [0.717, 1.165) is 49.3 Å². The SMILES string of the molecule is CC(=O)N1CCCC(c2ncc3c(n2)CCN(C(=O)CCc2ccccc2)C3)C1. The predicted octanol–water partition coefficient (Wildman–Crippen LogP) is 2.72. The zero-order chi connectivity index (χ0) is 20.2. The van der Waals surface area contributed by atoms with Crippen LogP contribution in [0.15, 0.2) is 36.5 Å². The minimum absolute atomic E-state index is 0.123. The summed E-state index contributed by atoms with van der Waals surface area (Å²) in [6.07, 6.45) is 5.97. The van der Waals surface area contributed by atoms with E-state index in [-0.39, 0.29) is 17.7 Å². The summed E-state index contributed by atoms with van der Waals surface area (Å²) in [5.74, 6) is 1.37. The number of rotatable bonds is 4. The maximum Gasteiger partial charge on any atom is 0.223 e. The molecule has 29 heavy (non-hydrogen) atoms. The predicted molar refractivity (Wildman–Crippen MR) is 110 cm³/mol. The molecule has 0 aliphatic carbocycles. The summed E-state index contributed by atoms with van der Waals surface area (Å²) in [7, 11) is 0. The van der Waals surface area contributed by atoms with Crippen molar-refractivity contribution in [3.63, 3.8) is 0 Å². The number of hydrogen-bond donors (Lipinski definition) is 0. The Balaban J connectivity index is 1.38. The Morgan fingerprint density at radius 3 is 2.76 bits per heavy atom. The molecule has 0 bridgehead atoms. The van der Waals surface area contributed by atoms with Crippen LogP contribution in [0.2, 0.25) is 0 Å². The molecule has 6 nitrogen and oxygen atoms in total. The molecule has 0 radical (unpaired) electrons. The molecular formula is C23H28N4O2. The van der Waals surface area contributed by atoms with Gasteiger partial charge in [0, 0.05) is 63.6 Å². The van der Waals surface area contributed by atoms with Crippen LogP contribution in [-0.4, -0.2) is 51.2 Å². The normalized spacial score (nSPS) is 19.0. The molecule has 6 heteroatoms. The summed E-state index contributed by atoms with van der Waals surface area (Å²) in [6.45, 7) is 4.46. The lowest BCUT2D eigenvalue weighted by Gasteiger charge is -2.32. The van der Waals surface area contributed by atoms with Gasteiger partial charge in [0.25, 0.3) is 0 Å². The van der Waals surface area contributed by atoms with Crippen molar-refractivity contribution in [3.05, 3.63) is 59.2 Å². The van der Waals surface area contributed by atoms with Gasteiger partial charge in [-0.3, -0.25) is 9.59 Å². The van der Waals surface area contributed by atoms with Gasteiger partial charge in [0.05, 0.1) is 5.69 Å². The molecule has 1 unspecified atom stereocenters. The van der Waals surface area contributed by atoms with Crippen LogP contribution in [0.25, 0.3) is 0 Å². The number of aromatic nitrogens is 2. The number of likely N-dealkylation sites (tertiary alicyclic amines) is 1. The van der Waals surface area contributed by atoms with Crippen LogP contribution < -0.4 is 0 Å². The van der Waals surface area contributed by atoms with E-state index in [1.165, 1.54) is 5.56 Å². The molecule has 1 aromatic carbocycles. The van der Waals surface area contributed by atoms with Crippen LogP contribution in [0, 0.1) is 0 Å². The first-order valence-corrected chi connectivity index (χ1v) is 10.5. The van der Waals surface area contributed by atoms with Crippen LogP contribution >= 0.6 is 0 Å². The molecule has 1 atom stereocenters. The fourth-order valence-corrected chi connectivity index (χ4v) is 4.27. The Morgan fingerprint density at radius 2 is 1.97 bits per heavy atom. The molecule has 2 aromatic rings. The van der Waals surface area contributed by atoms with Crippen LogP contribution in [-0.2, 0) is 29.0 Å². The fourth-order valence-electron chi connectivity index (χ4n) is 4.27. The maximum atomic E-state index is 12.6. The first-order chi connectivity index (χ1) is 14.1. The van der Waals surface area contributed by atoms with E-state index in [1.807, 2.05) is 34.2 Å². The Morgan fingerprint density at radius 1 is 1.14 bits per heavy atom. The fraction of sp³-hybridized carbons (Fsp3) is 0.478. The van der Waals surface area contributed by atoms with E-state index in [2.05, 4.69) is 17.1 Å². The van der Waals surface area contributed by atoms with Crippen molar-refractivity contribution in [1.82, 2.24) is 19.8 Å². The third-order valence-electron chi connectivity index (χ3n) is 6.01. The third-order valence-corrected chi connectivity index (χ3v) is 6.01. The molecule has 0 spiro atoms. The van der Waals surface area contributed by atoms with Gasteiger partial charge in [0.2, 0.25) is 11.8 Å². The Labute approximate surface area is 172 Å². The first-order valence-electron chi connectivity index (χ1n) is 10.5. The number of amides is 2. The molecule has 3 heterocycles. The van der Waals surface area contributed by atoms with Gasteiger partial charge in [-0.1, -0.05) is 30.3 Å². The topological polar surface area (TPSA) is 66.4 Å². The summed E-state index contributed by atoms with van der Waals surface area (Å²) < 4.78 is 0. The minimum atomic E-state index is 0.123. The van der Waals surface area contributed by atoms with E-state index < -0.39 is 0 Å². The van der Waals surface area contributed by atoms with Crippen LogP contribution in [0.1, 0.15) is 54.7 Å². The highest BCUT2D eigenvalue weighted by molar-refractivity contribution is 5.76. The summed E-state index contributed by atoms with van der Waals surface area (Å²) in [5.41, 5.74) is 3.30. The third kappa shape index (κ3) is 4.63. The molecule has 1 fully saturated rings. The number of hydrogen-bond acceptors (Lipinski definition) is 4. The second-order valence-corrected chi connectivity index (χ2v) is 8.06. The monoisotopic (exact) mass is 392 g/mol. The number of benzene rings is 1. The number of piperidine rings is 1.